The van der Waals surface area contributed by atoms with Crippen molar-refractivity contribution in [1.82, 2.24) is 9.13 Å². The van der Waals surface area contributed by atoms with Crippen molar-refractivity contribution >= 4 is 52.0 Å². The second-order valence-corrected chi connectivity index (χ2v) is 35.4. The number of fused-ring (bicyclic) bond motifs is 6. The Kier molecular flexibility index (Phi) is 17.0. The van der Waals surface area contributed by atoms with Crippen LogP contribution in [-0.2, 0) is 32.5 Å². The summed E-state index contributed by atoms with van der Waals surface area (Å²) in [4.78, 5) is 0. The van der Waals surface area contributed by atoms with Gasteiger partial charge in [-0.1, -0.05) is 184 Å². The summed E-state index contributed by atoms with van der Waals surface area (Å²) in [6.07, 6.45) is 1.99. The number of aromatic hydroxyl groups is 2. The van der Waals surface area contributed by atoms with Crippen molar-refractivity contribution in [2.45, 2.75) is 205 Å². The molecular formula is C82H99F2N2O4P. The van der Waals surface area contributed by atoms with Crippen molar-refractivity contribution in [3.05, 3.63) is 178 Å². The molecule has 91 heavy (non-hydrogen) atoms. The van der Waals surface area contributed by atoms with Crippen LogP contribution in [0, 0.1) is 22.5 Å². The molecule has 0 atom stereocenters. The summed E-state index contributed by atoms with van der Waals surface area (Å²) in [5.41, 5.74) is 11.7. The minimum atomic E-state index is -1.91. The Bertz CT molecular complexity index is 4030. The molecule has 2 aromatic heterocycles. The van der Waals surface area contributed by atoms with Gasteiger partial charge in [-0.3, -0.25) is 0 Å². The van der Waals surface area contributed by atoms with Crippen LogP contribution in [0.5, 0.6) is 23.0 Å². The summed E-state index contributed by atoms with van der Waals surface area (Å²) in [6.45, 7) is 51.1. The first-order valence-corrected chi connectivity index (χ1v) is 34.0. The molecule has 0 saturated heterocycles. The van der Waals surface area contributed by atoms with Gasteiger partial charge in [0.1, 0.15) is 34.6 Å². The Hall–Kier alpha value is -7.15. The quantitative estimate of drug-likeness (QED) is 0.113. The van der Waals surface area contributed by atoms with Crippen LogP contribution in [0.1, 0.15) is 205 Å². The van der Waals surface area contributed by atoms with E-state index in [2.05, 4.69) is 246 Å². The Morgan fingerprint density at radius 2 is 0.637 bits per heavy atom. The molecule has 0 unspecified atom stereocenters. The third-order valence-electron chi connectivity index (χ3n) is 18.3. The largest absolute Gasteiger partial charge is 0.505 e. The number of nitrogens with zero attached hydrogens (tertiary/aromatic N) is 2. The number of rotatable bonds is 13. The Morgan fingerprint density at radius 3 is 0.890 bits per heavy atom. The molecule has 10 rings (SSSR count). The van der Waals surface area contributed by atoms with Gasteiger partial charge in [-0.15, -0.1) is 0 Å². The van der Waals surface area contributed by atoms with Crippen LogP contribution in [0.25, 0.3) is 77.2 Å². The molecule has 10 aromatic rings. The summed E-state index contributed by atoms with van der Waals surface area (Å²) in [6, 6.07) is 43.7. The monoisotopic (exact) mass is 1240 g/mol. The first kappa shape index (κ1) is 66.8. The summed E-state index contributed by atoms with van der Waals surface area (Å²) < 4.78 is 51.0. The fraction of sp³-hybridized carbons (Fsp3) is 0.415. The lowest BCUT2D eigenvalue weighted by Gasteiger charge is -2.34. The highest BCUT2D eigenvalue weighted by Gasteiger charge is 2.35. The van der Waals surface area contributed by atoms with Crippen molar-refractivity contribution < 1.29 is 28.0 Å². The molecule has 0 saturated carbocycles. The number of benzene rings is 8. The van der Waals surface area contributed by atoms with Crippen molar-refractivity contribution in [3.8, 4) is 56.6 Å². The molecule has 2 heterocycles. The van der Waals surface area contributed by atoms with Gasteiger partial charge in [0.2, 0.25) is 0 Å². The highest BCUT2D eigenvalue weighted by Crippen LogP contribution is 2.54. The average Bonchev–Trinajstić information content (AvgIpc) is 1.63. The molecule has 9 heteroatoms. The van der Waals surface area contributed by atoms with Crippen LogP contribution in [0.3, 0.4) is 0 Å². The number of halogens is 2. The maximum absolute atomic E-state index is 16.3. The van der Waals surface area contributed by atoms with E-state index in [1.54, 1.807) is 12.1 Å². The normalized spacial score (nSPS) is 13.4. The SMILES string of the molecule is CCP(Oc1ccc(F)cc1-c1cc(C(C)(C)CC(C)(C)C)cc(-n2c3ccc(C(C)(C)C)cc3c3cc(C(C)(C)C)ccc32)c1O)Oc1ccc(F)cc1-c1cc(C(C)(C)CC(C)(C)C)cc(-n2c3ccc(C(C)(C)C)cc3c3cc(C(C)(C)C)ccc32)c1O. The molecule has 2 N–H and O–H groups in total. The Balaban J connectivity index is 1.15. The molecule has 0 spiro atoms. The maximum Gasteiger partial charge on any atom is 0.290 e. The van der Waals surface area contributed by atoms with Crippen molar-refractivity contribution in [2.24, 2.45) is 10.8 Å². The minimum absolute atomic E-state index is 0.0278. The van der Waals surface area contributed by atoms with Gasteiger partial charge in [-0.05, 0) is 199 Å². The van der Waals surface area contributed by atoms with E-state index in [-0.39, 0.29) is 44.0 Å². The zero-order valence-electron chi connectivity index (χ0n) is 58.6. The maximum atomic E-state index is 16.3. The number of aromatic nitrogens is 2. The lowest BCUT2D eigenvalue weighted by molar-refractivity contribution is 0.283. The van der Waals surface area contributed by atoms with Crippen LogP contribution in [0.4, 0.5) is 8.78 Å². The van der Waals surface area contributed by atoms with Crippen LogP contribution in [0.15, 0.2) is 133 Å². The lowest BCUT2D eigenvalue weighted by Crippen LogP contribution is -2.25. The van der Waals surface area contributed by atoms with Gasteiger partial charge in [0.05, 0.1) is 33.4 Å². The average molecular weight is 1250 g/mol. The van der Waals surface area contributed by atoms with Crippen LogP contribution in [-0.4, -0.2) is 25.5 Å². The summed E-state index contributed by atoms with van der Waals surface area (Å²) in [5, 5.41) is 30.8. The molecule has 0 aliphatic rings. The molecule has 0 aliphatic carbocycles. The summed E-state index contributed by atoms with van der Waals surface area (Å²) in [5.74, 6) is -0.439. The van der Waals surface area contributed by atoms with Crippen LogP contribution < -0.4 is 9.05 Å². The fourth-order valence-electron chi connectivity index (χ4n) is 14.0. The topological polar surface area (TPSA) is 68.8 Å². The van der Waals surface area contributed by atoms with E-state index in [1.165, 1.54) is 46.5 Å². The molecule has 8 aromatic carbocycles. The van der Waals surface area contributed by atoms with Gasteiger partial charge in [-0.2, -0.15) is 0 Å². The van der Waals surface area contributed by atoms with Gasteiger partial charge in [0.25, 0.3) is 8.38 Å². The Labute approximate surface area is 543 Å². The van der Waals surface area contributed by atoms with E-state index >= 15 is 8.78 Å². The smallest absolute Gasteiger partial charge is 0.290 e. The van der Waals surface area contributed by atoms with Crippen molar-refractivity contribution in [1.29, 1.82) is 0 Å². The van der Waals surface area contributed by atoms with Gasteiger partial charge >= 0.3 is 0 Å². The zero-order chi connectivity index (χ0) is 66.8. The third-order valence-corrected chi connectivity index (χ3v) is 19.6. The molecule has 480 valence electrons. The van der Waals surface area contributed by atoms with E-state index in [9.17, 15) is 10.2 Å². The fourth-order valence-corrected chi connectivity index (χ4v) is 15.1. The van der Waals surface area contributed by atoms with E-state index in [0.717, 1.165) is 67.6 Å². The third kappa shape index (κ3) is 13.4. The second-order valence-electron chi connectivity index (χ2n) is 33.7. The predicted octanol–water partition coefficient (Wildman–Crippen LogP) is 24.3. The molecule has 6 nitrogen and oxygen atoms in total. The summed E-state index contributed by atoms with van der Waals surface area (Å²) in [7, 11) is -1.91. The second kappa shape index (κ2) is 23.1. The number of hydrogen-bond acceptors (Lipinski definition) is 4. The zero-order valence-corrected chi connectivity index (χ0v) is 59.5. The molecule has 0 amide bonds. The standard InChI is InChI=1S/C82H99F2N2O4P/c1-24-91(89-71-35-29-55(83)45-61(71)63-41-53(81(20,21)47-75(2,3)4)43-69(73(63)87)85-65-31-25-49(77(8,9)10)37-57(65)58-38-50(78(11,12)13)26-32-66(58)85)90-72-36-30-56(84)46-62(72)64-42-54(82(22,23)48-76(5,6)7)44-70(74(64)88)86-67-33-27-51(79(14,15)16)39-59(67)60-40-52(80(17,18)19)28-34-68(60)86/h25-46,87-88H,24,47-48H2,1-23H3. The predicted molar refractivity (Wildman–Crippen MR) is 383 cm³/mol. The Morgan fingerprint density at radius 1 is 0.352 bits per heavy atom. The lowest BCUT2D eigenvalue weighted by atomic mass is 9.71. The number of hydrogen-bond donors (Lipinski definition) is 2. The van der Waals surface area contributed by atoms with Crippen LogP contribution in [0.2, 0.25) is 0 Å². The van der Waals surface area contributed by atoms with Gasteiger partial charge in [0, 0.05) is 50.0 Å². The van der Waals surface area contributed by atoms with Crippen molar-refractivity contribution in [2.75, 3.05) is 6.16 Å². The molecular weight excluding hydrogens is 1150 g/mol. The van der Waals surface area contributed by atoms with Gasteiger partial charge < -0.3 is 28.4 Å². The first-order chi connectivity index (χ1) is 41.9. The number of phenolic OH excluding ortho intramolecular Hbond substituents is 2. The van der Waals surface area contributed by atoms with Gasteiger partial charge in [0.15, 0.2) is 0 Å². The molecule has 0 radical (unpaired) electrons. The van der Waals surface area contributed by atoms with Gasteiger partial charge in [-0.25, -0.2) is 8.78 Å². The molecule has 0 aliphatic heterocycles. The van der Waals surface area contributed by atoms with Crippen molar-refractivity contribution in [3.63, 3.8) is 0 Å². The van der Waals surface area contributed by atoms with E-state index < -0.39 is 30.8 Å². The van der Waals surface area contributed by atoms with E-state index in [0.29, 0.717) is 51.3 Å². The minimum Gasteiger partial charge on any atom is -0.505 e. The number of phenols is 2. The highest BCUT2D eigenvalue weighted by molar-refractivity contribution is 7.48. The molecule has 0 bridgehead atoms. The van der Waals surface area contributed by atoms with Crippen LogP contribution >= 0.6 is 8.38 Å². The highest BCUT2D eigenvalue weighted by atomic mass is 31.2. The van der Waals surface area contributed by atoms with E-state index in [4.69, 9.17) is 9.05 Å². The first-order valence-electron chi connectivity index (χ1n) is 32.6. The van der Waals surface area contributed by atoms with E-state index in [1.807, 2.05) is 19.1 Å². The molecule has 0 fully saturated rings. The summed E-state index contributed by atoms with van der Waals surface area (Å²) >= 11 is 0.